The molecule has 0 aliphatic carbocycles. The summed E-state index contributed by atoms with van der Waals surface area (Å²) in [5, 5.41) is 11.8. The number of halogens is 1. The fourth-order valence-electron chi connectivity index (χ4n) is 1.77. The number of amides is 1. The first-order valence-corrected chi connectivity index (χ1v) is 6.95. The van der Waals surface area contributed by atoms with Gasteiger partial charge in [-0.3, -0.25) is 4.79 Å². The number of unbranched alkanes of at least 4 members (excludes halogenated alkanes) is 3. The molecule has 0 aliphatic heterocycles. The molecule has 0 saturated heterocycles. The molecule has 0 atom stereocenters. The Morgan fingerprint density at radius 2 is 1.90 bits per heavy atom. The lowest BCUT2D eigenvalue weighted by atomic mass is 10.1. The van der Waals surface area contributed by atoms with Crippen LogP contribution in [0.1, 0.15) is 42.5 Å². The van der Waals surface area contributed by atoms with E-state index < -0.39 is 5.97 Å². The molecule has 1 aromatic carbocycles. The number of carbonyl (C=O) groups excluding carboxylic acids is 1. The van der Waals surface area contributed by atoms with Crippen molar-refractivity contribution in [3.8, 4) is 0 Å². The Morgan fingerprint density at radius 1 is 1.20 bits per heavy atom. The second-order valence-corrected chi connectivity index (χ2v) is 4.91. The van der Waals surface area contributed by atoms with Crippen LogP contribution in [0.15, 0.2) is 18.2 Å². The summed E-state index contributed by atoms with van der Waals surface area (Å²) in [7, 11) is 0. The van der Waals surface area contributed by atoms with Crippen molar-refractivity contribution in [1.29, 1.82) is 0 Å². The fourth-order valence-corrected chi connectivity index (χ4v) is 1.97. The summed E-state index contributed by atoms with van der Waals surface area (Å²) < 4.78 is 0. The first-order chi connectivity index (χ1) is 9.54. The molecule has 0 bridgehead atoms. The second kappa shape index (κ2) is 8.55. The lowest BCUT2D eigenvalue weighted by molar-refractivity contribution is -0.116. The Labute approximate surface area is 123 Å². The smallest absolute Gasteiger partial charge is 0.337 e. The average Bonchev–Trinajstić information content (AvgIpc) is 2.40. The van der Waals surface area contributed by atoms with Crippen LogP contribution < -0.4 is 11.1 Å². The molecule has 0 aromatic heterocycles. The number of anilines is 1. The Morgan fingerprint density at radius 3 is 2.55 bits per heavy atom. The number of nitrogens with one attached hydrogen (secondary N) is 1. The first kappa shape index (κ1) is 16.5. The van der Waals surface area contributed by atoms with Crippen molar-refractivity contribution in [1.82, 2.24) is 0 Å². The Hall–Kier alpha value is -1.59. The molecule has 110 valence electrons. The van der Waals surface area contributed by atoms with Crippen LogP contribution in [-0.2, 0) is 4.79 Å². The number of aromatic carboxylic acids is 1. The van der Waals surface area contributed by atoms with E-state index in [4.69, 9.17) is 22.4 Å². The average molecular weight is 299 g/mol. The molecule has 1 rings (SSSR count). The molecule has 0 fully saturated rings. The van der Waals surface area contributed by atoms with Gasteiger partial charge < -0.3 is 16.2 Å². The van der Waals surface area contributed by atoms with Gasteiger partial charge in [0, 0.05) is 12.1 Å². The minimum absolute atomic E-state index is 0.0209. The first-order valence-electron chi connectivity index (χ1n) is 6.57. The molecule has 20 heavy (non-hydrogen) atoms. The van der Waals surface area contributed by atoms with E-state index in [1.54, 1.807) is 6.07 Å². The van der Waals surface area contributed by atoms with E-state index in [1.807, 2.05) is 0 Å². The highest BCUT2D eigenvalue weighted by atomic mass is 35.5. The third kappa shape index (κ3) is 5.59. The predicted octanol–water partition coefficient (Wildman–Crippen LogP) is 2.89. The Bertz CT molecular complexity index is 477. The zero-order chi connectivity index (χ0) is 15.0. The van der Waals surface area contributed by atoms with Crippen molar-refractivity contribution in [2.24, 2.45) is 5.73 Å². The molecule has 6 heteroatoms. The van der Waals surface area contributed by atoms with Gasteiger partial charge in [-0.15, -0.1) is 0 Å². The van der Waals surface area contributed by atoms with E-state index in [1.165, 1.54) is 12.1 Å². The summed E-state index contributed by atoms with van der Waals surface area (Å²) in [5.74, 6) is -1.25. The Kier molecular flexibility index (Phi) is 7.04. The minimum atomic E-state index is -1.12. The molecule has 0 spiro atoms. The van der Waals surface area contributed by atoms with Gasteiger partial charge in [0.2, 0.25) is 5.91 Å². The van der Waals surface area contributed by atoms with E-state index in [0.29, 0.717) is 18.7 Å². The third-order valence-corrected chi connectivity index (χ3v) is 3.17. The lowest BCUT2D eigenvalue weighted by Gasteiger charge is -2.07. The van der Waals surface area contributed by atoms with Gasteiger partial charge in [0.25, 0.3) is 0 Å². The maximum Gasteiger partial charge on any atom is 0.337 e. The summed E-state index contributed by atoms with van der Waals surface area (Å²) >= 11 is 5.76. The van der Waals surface area contributed by atoms with Gasteiger partial charge in [-0.25, -0.2) is 4.79 Å². The number of hydrogen-bond donors (Lipinski definition) is 3. The van der Waals surface area contributed by atoms with Gasteiger partial charge in [-0.2, -0.15) is 0 Å². The molecule has 0 saturated carbocycles. The number of carboxylic acid groups (broad SMARTS) is 1. The third-order valence-electron chi connectivity index (χ3n) is 2.84. The SMILES string of the molecule is NCCCCCCC(=O)Nc1ccc(Cl)c(C(=O)O)c1. The van der Waals surface area contributed by atoms with E-state index in [0.717, 1.165) is 25.7 Å². The molecule has 1 amide bonds. The maximum atomic E-state index is 11.7. The lowest BCUT2D eigenvalue weighted by Crippen LogP contribution is -2.12. The number of carbonyl (C=O) groups is 2. The quantitative estimate of drug-likeness (QED) is 0.643. The van der Waals surface area contributed by atoms with Gasteiger partial charge in [-0.1, -0.05) is 24.4 Å². The number of hydrogen-bond acceptors (Lipinski definition) is 3. The molecule has 0 radical (unpaired) electrons. The highest BCUT2D eigenvalue weighted by molar-refractivity contribution is 6.33. The molecule has 0 heterocycles. The number of rotatable bonds is 8. The van der Waals surface area contributed by atoms with Crippen LogP contribution in [-0.4, -0.2) is 23.5 Å². The van der Waals surface area contributed by atoms with Gasteiger partial charge in [0.1, 0.15) is 0 Å². The topological polar surface area (TPSA) is 92.4 Å². The van der Waals surface area contributed by atoms with Gasteiger partial charge >= 0.3 is 5.97 Å². The zero-order valence-electron chi connectivity index (χ0n) is 11.2. The van der Waals surface area contributed by atoms with Crippen LogP contribution in [0.25, 0.3) is 0 Å². The van der Waals surface area contributed by atoms with Crippen LogP contribution in [0.2, 0.25) is 5.02 Å². The summed E-state index contributed by atoms with van der Waals surface area (Å²) in [6.45, 7) is 0.676. The summed E-state index contributed by atoms with van der Waals surface area (Å²) in [4.78, 5) is 22.6. The van der Waals surface area contributed by atoms with Gasteiger partial charge in [0.15, 0.2) is 0 Å². The summed E-state index contributed by atoms with van der Waals surface area (Å²) in [5.41, 5.74) is 5.81. The Balaban J connectivity index is 2.46. The summed E-state index contributed by atoms with van der Waals surface area (Å²) in [6, 6.07) is 4.40. The predicted molar refractivity (Wildman–Crippen MR) is 79.2 cm³/mol. The van der Waals surface area contributed by atoms with Crippen molar-refractivity contribution >= 4 is 29.2 Å². The summed E-state index contributed by atoms with van der Waals surface area (Å²) in [6.07, 6.45) is 4.17. The molecule has 0 aliphatic rings. The monoisotopic (exact) mass is 298 g/mol. The fraction of sp³-hybridized carbons (Fsp3) is 0.429. The van der Waals surface area contributed by atoms with Crippen LogP contribution in [0, 0.1) is 0 Å². The van der Waals surface area contributed by atoms with Gasteiger partial charge in [-0.05, 0) is 37.6 Å². The highest BCUT2D eigenvalue weighted by Gasteiger charge is 2.10. The molecular formula is C14H19ClN2O3. The molecular weight excluding hydrogens is 280 g/mol. The second-order valence-electron chi connectivity index (χ2n) is 4.50. The standard InChI is InChI=1S/C14H19ClN2O3/c15-12-7-6-10(9-11(12)14(19)20)17-13(18)5-3-1-2-4-8-16/h6-7,9H,1-5,8,16H2,(H,17,18)(H,19,20). The van der Waals surface area contributed by atoms with E-state index >= 15 is 0 Å². The van der Waals surface area contributed by atoms with E-state index in [9.17, 15) is 9.59 Å². The minimum Gasteiger partial charge on any atom is -0.478 e. The van der Waals surface area contributed by atoms with Crippen LogP contribution in [0.5, 0.6) is 0 Å². The van der Waals surface area contributed by atoms with Crippen molar-refractivity contribution in [3.05, 3.63) is 28.8 Å². The van der Waals surface area contributed by atoms with Gasteiger partial charge in [0.05, 0.1) is 10.6 Å². The maximum absolute atomic E-state index is 11.7. The normalized spacial score (nSPS) is 10.3. The number of benzene rings is 1. The molecule has 4 N–H and O–H groups in total. The van der Waals surface area contributed by atoms with Crippen LogP contribution in [0.3, 0.4) is 0 Å². The zero-order valence-corrected chi connectivity index (χ0v) is 11.9. The largest absolute Gasteiger partial charge is 0.478 e. The van der Waals surface area contributed by atoms with Crippen molar-refractivity contribution in [2.75, 3.05) is 11.9 Å². The number of carboxylic acids is 1. The van der Waals surface area contributed by atoms with E-state index in [2.05, 4.69) is 5.32 Å². The van der Waals surface area contributed by atoms with Crippen molar-refractivity contribution in [3.63, 3.8) is 0 Å². The van der Waals surface area contributed by atoms with Crippen LogP contribution >= 0.6 is 11.6 Å². The molecule has 0 unspecified atom stereocenters. The number of nitrogens with two attached hydrogens (primary N) is 1. The van der Waals surface area contributed by atoms with E-state index in [-0.39, 0.29) is 16.5 Å². The molecule has 1 aromatic rings. The van der Waals surface area contributed by atoms with Crippen molar-refractivity contribution < 1.29 is 14.7 Å². The van der Waals surface area contributed by atoms with Crippen molar-refractivity contribution in [2.45, 2.75) is 32.1 Å². The van der Waals surface area contributed by atoms with Crippen LogP contribution in [0.4, 0.5) is 5.69 Å². The molecule has 5 nitrogen and oxygen atoms in total. The highest BCUT2D eigenvalue weighted by Crippen LogP contribution is 2.20.